The Kier molecular flexibility index (Phi) is 2.62. The molecule has 1 N–H and O–H groups in total. The molecular formula is C11H16FNS. The van der Waals surface area contributed by atoms with Crippen molar-refractivity contribution >= 4 is 11.3 Å². The Hall–Kier alpha value is -0.410. The lowest BCUT2D eigenvalue weighted by molar-refractivity contribution is 0.0786. The zero-order valence-corrected chi connectivity index (χ0v) is 9.46. The van der Waals surface area contributed by atoms with Crippen LogP contribution in [-0.4, -0.2) is 12.6 Å². The van der Waals surface area contributed by atoms with Crippen LogP contribution in [0, 0.1) is 6.92 Å². The van der Waals surface area contributed by atoms with Gasteiger partial charge in [0.1, 0.15) is 0 Å². The molecule has 1 aromatic rings. The predicted octanol–water partition coefficient (Wildman–Crippen LogP) is 2.99. The number of thiophene rings is 1. The second-order valence-corrected chi connectivity index (χ2v) is 5.34. The lowest BCUT2D eigenvalue weighted by atomic mass is 9.87. The van der Waals surface area contributed by atoms with E-state index in [-0.39, 0.29) is 6.04 Å². The predicted molar refractivity (Wildman–Crippen MR) is 58.5 cm³/mol. The Morgan fingerprint density at radius 3 is 2.93 bits per heavy atom. The molecule has 1 nitrogen and oxygen atoms in total. The fourth-order valence-corrected chi connectivity index (χ4v) is 3.10. The minimum Gasteiger partial charge on any atom is -0.311 e. The van der Waals surface area contributed by atoms with Gasteiger partial charge in [-0.25, -0.2) is 4.39 Å². The highest BCUT2D eigenvalue weighted by Gasteiger charge is 2.40. The molecule has 2 rings (SSSR count). The number of hydrogen-bond acceptors (Lipinski definition) is 2. The summed E-state index contributed by atoms with van der Waals surface area (Å²) in [5, 5.41) is 3.21. The average molecular weight is 213 g/mol. The monoisotopic (exact) mass is 213 g/mol. The topological polar surface area (TPSA) is 12.0 Å². The van der Waals surface area contributed by atoms with Gasteiger partial charge in [0.2, 0.25) is 0 Å². The molecule has 0 spiro atoms. The minimum atomic E-state index is -1.14. The third kappa shape index (κ3) is 1.59. The van der Waals surface area contributed by atoms with Crippen molar-refractivity contribution in [1.29, 1.82) is 0 Å². The summed E-state index contributed by atoms with van der Waals surface area (Å²) in [5.41, 5.74) is -1.14. The van der Waals surface area contributed by atoms with Gasteiger partial charge in [-0.05, 0) is 45.4 Å². The number of nitrogens with one attached hydrogen (secondary N) is 1. The van der Waals surface area contributed by atoms with Crippen LogP contribution in [0.5, 0.6) is 0 Å². The molecule has 0 aliphatic carbocycles. The van der Waals surface area contributed by atoms with E-state index in [0.29, 0.717) is 6.42 Å². The first kappa shape index (κ1) is 10.1. The summed E-state index contributed by atoms with van der Waals surface area (Å²) in [4.78, 5) is 2.07. The largest absolute Gasteiger partial charge is 0.311 e. The fraction of sp³-hybridized carbons (Fsp3) is 0.636. The van der Waals surface area contributed by atoms with E-state index in [2.05, 4.69) is 5.32 Å². The van der Waals surface area contributed by atoms with E-state index in [1.807, 2.05) is 26.0 Å². The molecule has 1 aliphatic rings. The highest BCUT2D eigenvalue weighted by molar-refractivity contribution is 7.12. The maximum atomic E-state index is 14.7. The van der Waals surface area contributed by atoms with Gasteiger partial charge in [-0.1, -0.05) is 0 Å². The molecule has 2 heterocycles. The molecule has 78 valence electrons. The second-order valence-electron chi connectivity index (χ2n) is 4.05. The zero-order chi connectivity index (χ0) is 10.2. The normalized spacial score (nSPS) is 33.2. The van der Waals surface area contributed by atoms with Crippen LogP contribution in [0.15, 0.2) is 12.1 Å². The average Bonchev–Trinajstić information content (AvgIpc) is 2.58. The van der Waals surface area contributed by atoms with E-state index >= 15 is 0 Å². The van der Waals surface area contributed by atoms with Gasteiger partial charge >= 0.3 is 0 Å². The molecular weight excluding hydrogens is 197 g/mol. The fourth-order valence-electron chi connectivity index (χ4n) is 2.04. The lowest BCUT2D eigenvalue weighted by Crippen LogP contribution is -2.47. The molecule has 3 heteroatoms. The van der Waals surface area contributed by atoms with Crippen LogP contribution in [0.4, 0.5) is 4.39 Å². The Balaban J connectivity index is 2.29. The number of piperidine rings is 1. The summed E-state index contributed by atoms with van der Waals surface area (Å²) >= 11 is 1.58. The number of halogens is 1. The van der Waals surface area contributed by atoms with Crippen LogP contribution in [0.1, 0.15) is 29.5 Å². The van der Waals surface area contributed by atoms with Crippen LogP contribution < -0.4 is 5.32 Å². The quantitative estimate of drug-likeness (QED) is 0.756. The van der Waals surface area contributed by atoms with E-state index in [9.17, 15) is 4.39 Å². The Morgan fingerprint density at radius 2 is 2.36 bits per heavy atom. The Morgan fingerprint density at radius 1 is 1.57 bits per heavy atom. The second kappa shape index (κ2) is 3.63. The molecule has 1 fully saturated rings. The minimum absolute atomic E-state index is 0.0608. The van der Waals surface area contributed by atoms with Crippen LogP contribution in [0.2, 0.25) is 0 Å². The first-order valence-corrected chi connectivity index (χ1v) is 5.94. The third-order valence-electron chi connectivity index (χ3n) is 3.00. The van der Waals surface area contributed by atoms with Crippen molar-refractivity contribution in [2.24, 2.45) is 0 Å². The smallest absolute Gasteiger partial charge is 0.160 e. The van der Waals surface area contributed by atoms with Gasteiger partial charge in [0.15, 0.2) is 5.67 Å². The van der Waals surface area contributed by atoms with Gasteiger partial charge in [-0.15, -0.1) is 11.3 Å². The Bertz CT molecular complexity index is 323. The molecule has 14 heavy (non-hydrogen) atoms. The van der Waals surface area contributed by atoms with Gasteiger partial charge in [0, 0.05) is 15.8 Å². The van der Waals surface area contributed by atoms with Crippen LogP contribution in [-0.2, 0) is 5.67 Å². The van der Waals surface area contributed by atoms with Crippen molar-refractivity contribution in [3.05, 3.63) is 21.9 Å². The maximum absolute atomic E-state index is 14.7. The van der Waals surface area contributed by atoms with E-state index < -0.39 is 5.67 Å². The number of rotatable bonds is 1. The van der Waals surface area contributed by atoms with Crippen molar-refractivity contribution in [2.45, 2.75) is 38.4 Å². The molecule has 1 saturated heterocycles. The van der Waals surface area contributed by atoms with Crippen molar-refractivity contribution in [3.8, 4) is 0 Å². The van der Waals surface area contributed by atoms with Gasteiger partial charge in [-0.2, -0.15) is 0 Å². The van der Waals surface area contributed by atoms with Gasteiger partial charge in [0.25, 0.3) is 0 Å². The van der Waals surface area contributed by atoms with Gasteiger partial charge in [0.05, 0.1) is 0 Å². The summed E-state index contributed by atoms with van der Waals surface area (Å²) < 4.78 is 14.7. The lowest BCUT2D eigenvalue weighted by Gasteiger charge is -2.35. The summed E-state index contributed by atoms with van der Waals surface area (Å²) in [7, 11) is 0. The van der Waals surface area contributed by atoms with Gasteiger partial charge < -0.3 is 5.32 Å². The highest BCUT2D eigenvalue weighted by atomic mass is 32.1. The number of hydrogen-bond donors (Lipinski definition) is 1. The van der Waals surface area contributed by atoms with Crippen molar-refractivity contribution in [3.63, 3.8) is 0 Å². The Labute approximate surface area is 88.3 Å². The van der Waals surface area contributed by atoms with Crippen LogP contribution in [0.25, 0.3) is 0 Å². The van der Waals surface area contributed by atoms with E-state index in [1.54, 1.807) is 11.3 Å². The number of alkyl halides is 1. The summed E-state index contributed by atoms with van der Waals surface area (Å²) in [6.45, 7) is 4.91. The van der Waals surface area contributed by atoms with Crippen LogP contribution >= 0.6 is 11.3 Å². The van der Waals surface area contributed by atoms with Crippen molar-refractivity contribution in [2.75, 3.05) is 6.54 Å². The third-order valence-corrected chi connectivity index (χ3v) is 4.16. The molecule has 0 aromatic carbocycles. The maximum Gasteiger partial charge on any atom is 0.160 e. The SMILES string of the molecule is Cc1ccc(C2(F)CCCNC2C)s1. The summed E-state index contributed by atoms with van der Waals surface area (Å²) in [5.74, 6) is 0. The molecule has 0 bridgehead atoms. The van der Waals surface area contributed by atoms with E-state index in [1.165, 1.54) is 4.88 Å². The first-order chi connectivity index (χ1) is 6.63. The first-order valence-electron chi connectivity index (χ1n) is 5.12. The molecule has 0 radical (unpaired) electrons. The molecule has 2 atom stereocenters. The summed E-state index contributed by atoms with van der Waals surface area (Å²) in [6, 6.07) is 3.88. The van der Waals surface area contributed by atoms with E-state index in [0.717, 1.165) is 17.8 Å². The zero-order valence-electron chi connectivity index (χ0n) is 8.64. The molecule has 1 aliphatic heterocycles. The van der Waals surface area contributed by atoms with Crippen LogP contribution in [0.3, 0.4) is 0 Å². The molecule has 0 saturated carbocycles. The molecule has 0 amide bonds. The highest BCUT2D eigenvalue weighted by Crippen LogP contribution is 2.40. The van der Waals surface area contributed by atoms with Crippen molar-refractivity contribution < 1.29 is 4.39 Å². The molecule has 2 unspecified atom stereocenters. The number of aryl methyl sites for hydroxylation is 1. The molecule has 1 aromatic heterocycles. The van der Waals surface area contributed by atoms with E-state index in [4.69, 9.17) is 0 Å². The summed E-state index contributed by atoms with van der Waals surface area (Å²) in [6.07, 6.45) is 1.58. The van der Waals surface area contributed by atoms with Gasteiger partial charge in [-0.3, -0.25) is 0 Å². The standard InChI is InChI=1S/C11H16FNS/c1-8-4-5-10(14-8)11(12)6-3-7-13-9(11)2/h4-5,9,13H,3,6-7H2,1-2H3. The van der Waals surface area contributed by atoms with Crippen molar-refractivity contribution in [1.82, 2.24) is 5.32 Å².